The number of aromatic nitrogens is 3. The first-order chi connectivity index (χ1) is 14.5. The van der Waals surface area contributed by atoms with E-state index >= 15 is 0 Å². The minimum atomic E-state index is -0.215. The van der Waals surface area contributed by atoms with Crippen molar-refractivity contribution < 1.29 is 14.3 Å². The summed E-state index contributed by atoms with van der Waals surface area (Å²) in [6, 6.07) is 14.5. The molecule has 0 bridgehead atoms. The molecule has 0 atom stereocenters. The van der Waals surface area contributed by atoms with Gasteiger partial charge >= 0.3 is 0 Å². The highest BCUT2D eigenvalue weighted by Crippen LogP contribution is 2.17. The smallest absolute Gasteiger partial charge is 0.251 e. The molecular formula is C21H23N5O3S. The molecule has 0 radical (unpaired) electrons. The maximum Gasteiger partial charge on any atom is 0.251 e. The Bertz CT molecular complexity index is 1020. The van der Waals surface area contributed by atoms with E-state index in [0.717, 1.165) is 11.3 Å². The van der Waals surface area contributed by atoms with E-state index < -0.39 is 0 Å². The largest absolute Gasteiger partial charge is 0.497 e. The van der Waals surface area contributed by atoms with Crippen LogP contribution >= 0.6 is 11.8 Å². The average molecular weight is 426 g/mol. The van der Waals surface area contributed by atoms with Crippen LogP contribution in [0.4, 0.5) is 5.69 Å². The summed E-state index contributed by atoms with van der Waals surface area (Å²) >= 11 is 1.28. The topological polar surface area (TPSA) is 98.1 Å². The highest BCUT2D eigenvalue weighted by atomic mass is 32.2. The summed E-state index contributed by atoms with van der Waals surface area (Å²) in [4.78, 5) is 24.4. The fourth-order valence-corrected chi connectivity index (χ4v) is 3.32. The summed E-state index contributed by atoms with van der Waals surface area (Å²) in [5.74, 6) is 1.15. The molecule has 2 amide bonds. The Balaban J connectivity index is 1.50. The molecular weight excluding hydrogens is 402 g/mol. The van der Waals surface area contributed by atoms with Gasteiger partial charge in [0.25, 0.3) is 5.91 Å². The summed E-state index contributed by atoms with van der Waals surface area (Å²) < 4.78 is 6.85. The molecule has 8 nitrogen and oxygen atoms in total. The number of ether oxygens (including phenoxy) is 1. The Labute approximate surface area is 179 Å². The van der Waals surface area contributed by atoms with E-state index in [0.29, 0.717) is 22.3 Å². The van der Waals surface area contributed by atoms with E-state index in [2.05, 4.69) is 20.8 Å². The Morgan fingerprint density at radius 2 is 1.77 bits per heavy atom. The van der Waals surface area contributed by atoms with E-state index in [1.54, 1.807) is 43.0 Å². The lowest BCUT2D eigenvalue weighted by Gasteiger charge is -2.07. The maximum absolute atomic E-state index is 12.3. The molecule has 0 saturated heterocycles. The SMILES string of the molecule is COc1ccc(C(=O)NCc2nnc(SCC(=O)Nc3ccc(C)cc3)n2C)cc1. The highest BCUT2D eigenvalue weighted by molar-refractivity contribution is 7.99. The third-order valence-electron chi connectivity index (χ3n) is 4.35. The first-order valence-electron chi connectivity index (χ1n) is 9.26. The van der Waals surface area contributed by atoms with Crippen LogP contribution in [0.2, 0.25) is 0 Å². The number of amides is 2. The van der Waals surface area contributed by atoms with E-state index in [1.807, 2.05) is 31.2 Å². The first kappa shape index (κ1) is 21.4. The normalized spacial score (nSPS) is 10.5. The second-order valence-electron chi connectivity index (χ2n) is 6.57. The number of nitrogens with one attached hydrogen (secondary N) is 2. The zero-order chi connectivity index (χ0) is 21.5. The van der Waals surface area contributed by atoms with Gasteiger partial charge in [-0.15, -0.1) is 10.2 Å². The number of nitrogens with zero attached hydrogens (tertiary/aromatic N) is 3. The van der Waals surface area contributed by atoms with Gasteiger partial charge in [0.1, 0.15) is 5.75 Å². The fraction of sp³-hybridized carbons (Fsp3) is 0.238. The van der Waals surface area contributed by atoms with Crippen LogP contribution < -0.4 is 15.4 Å². The molecule has 2 N–H and O–H groups in total. The molecule has 0 aliphatic rings. The van der Waals surface area contributed by atoms with Gasteiger partial charge in [0.05, 0.1) is 19.4 Å². The minimum Gasteiger partial charge on any atom is -0.497 e. The number of anilines is 1. The molecule has 0 spiro atoms. The van der Waals surface area contributed by atoms with Gasteiger partial charge in [-0.1, -0.05) is 29.5 Å². The van der Waals surface area contributed by atoms with E-state index in [4.69, 9.17) is 4.74 Å². The van der Waals surface area contributed by atoms with E-state index in [1.165, 1.54) is 11.8 Å². The van der Waals surface area contributed by atoms with E-state index in [9.17, 15) is 9.59 Å². The maximum atomic E-state index is 12.3. The van der Waals surface area contributed by atoms with Crippen LogP contribution in [0.5, 0.6) is 5.75 Å². The van der Waals surface area contributed by atoms with Gasteiger partial charge in [0, 0.05) is 18.3 Å². The molecule has 0 aliphatic heterocycles. The molecule has 0 unspecified atom stereocenters. The van der Waals surface area contributed by atoms with Crippen molar-refractivity contribution >= 4 is 29.3 Å². The van der Waals surface area contributed by atoms with Gasteiger partial charge in [-0.05, 0) is 43.3 Å². The summed E-state index contributed by atoms with van der Waals surface area (Å²) in [6.07, 6.45) is 0. The zero-order valence-electron chi connectivity index (χ0n) is 17.0. The van der Waals surface area contributed by atoms with Gasteiger partial charge in [0.15, 0.2) is 11.0 Å². The van der Waals surface area contributed by atoms with Crippen molar-refractivity contribution in [1.29, 1.82) is 0 Å². The summed E-state index contributed by atoms with van der Waals surface area (Å²) in [7, 11) is 3.37. The standard InChI is InChI=1S/C21H23N5O3S/c1-14-4-8-16(9-5-14)23-19(27)13-30-21-25-24-18(26(21)2)12-22-20(28)15-6-10-17(29-3)11-7-15/h4-11H,12-13H2,1-3H3,(H,22,28)(H,23,27). The molecule has 1 heterocycles. The number of carbonyl (C=O) groups is 2. The third kappa shape index (κ3) is 5.60. The zero-order valence-corrected chi connectivity index (χ0v) is 17.8. The number of rotatable bonds is 8. The highest BCUT2D eigenvalue weighted by Gasteiger charge is 2.13. The first-order valence-corrected chi connectivity index (χ1v) is 10.2. The lowest BCUT2D eigenvalue weighted by molar-refractivity contribution is -0.113. The molecule has 0 saturated carbocycles. The number of thioether (sulfide) groups is 1. The number of methoxy groups -OCH3 is 1. The second-order valence-corrected chi connectivity index (χ2v) is 7.51. The molecule has 3 aromatic rings. The summed E-state index contributed by atoms with van der Waals surface area (Å²) in [5, 5.41) is 14.5. The summed E-state index contributed by atoms with van der Waals surface area (Å²) in [5.41, 5.74) is 2.42. The van der Waals surface area contributed by atoms with Crippen LogP contribution in [0.25, 0.3) is 0 Å². The number of carbonyl (C=O) groups excluding carboxylic acids is 2. The van der Waals surface area contributed by atoms with Crippen LogP contribution in [-0.2, 0) is 18.4 Å². The predicted molar refractivity (Wildman–Crippen MR) is 116 cm³/mol. The van der Waals surface area contributed by atoms with E-state index in [-0.39, 0.29) is 24.1 Å². The van der Waals surface area contributed by atoms with Crippen LogP contribution in [0.3, 0.4) is 0 Å². The van der Waals surface area contributed by atoms with Crippen molar-refractivity contribution in [2.24, 2.45) is 7.05 Å². The number of hydrogen-bond donors (Lipinski definition) is 2. The molecule has 3 rings (SSSR count). The van der Waals surface area contributed by atoms with Crippen molar-refractivity contribution in [1.82, 2.24) is 20.1 Å². The lowest BCUT2D eigenvalue weighted by atomic mass is 10.2. The third-order valence-corrected chi connectivity index (χ3v) is 5.37. The van der Waals surface area contributed by atoms with Gasteiger partial charge in [0.2, 0.25) is 5.91 Å². The molecule has 2 aromatic carbocycles. The van der Waals surface area contributed by atoms with Crippen molar-refractivity contribution in [3.63, 3.8) is 0 Å². The Kier molecular flexibility index (Phi) is 7.08. The van der Waals surface area contributed by atoms with Crippen molar-refractivity contribution in [2.75, 3.05) is 18.2 Å². The van der Waals surface area contributed by atoms with Gasteiger partial charge in [-0.3, -0.25) is 9.59 Å². The van der Waals surface area contributed by atoms with Gasteiger partial charge < -0.3 is 19.9 Å². The Morgan fingerprint density at radius 1 is 1.07 bits per heavy atom. The predicted octanol–water partition coefficient (Wildman–Crippen LogP) is 2.79. The van der Waals surface area contributed by atoms with Crippen LogP contribution in [0.1, 0.15) is 21.7 Å². The number of hydrogen-bond acceptors (Lipinski definition) is 6. The average Bonchev–Trinajstić information content (AvgIpc) is 3.11. The quantitative estimate of drug-likeness (QED) is 0.539. The molecule has 0 aliphatic carbocycles. The number of benzene rings is 2. The second kappa shape index (κ2) is 9.93. The van der Waals surface area contributed by atoms with Gasteiger partial charge in [-0.25, -0.2) is 0 Å². The summed E-state index contributed by atoms with van der Waals surface area (Å²) in [6.45, 7) is 2.22. The Morgan fingerprint density at radius 3 is 2.43 bits per heavy atom. The molecule has 1 aromatic heterocycles. The molecule has 156 valence electrons. The van der Waals surface area contributed by atoms with Crippen LogP contribution in [0, 0.1) is 6.92 Å². The molecule has 0 fully saturated rings. The van der Waals surface area contributed by atoms with Crippen molar-refractivity contribution in [2.45, 2.75) is 18.6 Å². The van der Waals surface area contributed by atoms with Crippen molar-refractivity contribution in [3.8, 4) is 5.75 Å². The lowest BCUT2D eigenvalue weighted by Crippen LogP contribution is -2.24. The van der Waals surface area contributed by atoms with Gasteiger partial charge in [-0.2, -0.15) is 0 Å². The fourth-order valence-electron chi connectivity index (χ4n) is 2.59. The Hall–Kier alpha value is -3.33. The monoisotopic (exact) mass is 425 g/mol. The molecule has 9 heteroatoms. The van der Waals surface area contributed by atoms with Crippen molar-refractivity contribution in [3.05, 3.63) is 65.5 Å². The number of aryl methyl sites for hydroxylation is 1. The van der Waals surface area contributed by atoms with Crippen LogP contribution in [0.15, 0.2) is 53.7 Å². The minimum absolute atomic E-state index is 0.124. The van der Waals surface area contributed by atoms with Crippen LogP contribution in [-0.4, -0.2) is 39.4 Å². The molecule has 30 heavy (non-hydrogen) atoms.